The average molecular weight is 395 g/mol. The third-order valence-electron chi connectivity index (χ3n) is 3.88. The van der Waals surface area contributed by atoms with Crippen LogP contribution in [0.5, 0.6) is 5.88 Å². The fourth-order valence-electron chi connectivity index (χ4n) is 2.74. The molecule has 0 saturated carbocycles. The van der Waals surface area contributed by atoms with Gasteiger partial charge in [-0.15, -0.1) is 0 Å². The van der Waals surface area contributed by atoms with Crippen molar-refractivity contribution in [1.82, 2.24) is 15.0 Å². The number of pyridine rings is 1. The molecule has 0 bridgehead atoms. The Labute approximate surface area is 153 Å². The van der Waals surface area contributed by atoms with E-state index in [2.05, 4.69) is 15.0 Å². The number of halogens is 2. The van der Waals surface area contributed by atoms with Gasteiger partial charge in [0.2, 0.25) is 20.9 Å². The second kappa shape index (κ2) is 6.03. The Morgan fingerprint density at radius 1 is 1.19 bits per heavy atom. The Morgan fingerprint density at radius 3 is 2.62 bits per heavy atom. The molecule has 0 radical (unpaired) electrons. The summed E-state index contributed by atoms with van der Waals surface area (Å²) in [5.74, 6) is -0.644. The van der Waals surface area contributed by atoms with Gasteiger partial charge in [0.25, 0.3) is 0 Å². The highest BCUT2D eigenvalue weighted by Gasteiger charge is 2.29. The number of ether oxygens (including phenoxy) is 1. The fraction of sp³-hybridized carbons (Fsp3) is 0.188. The van der Waals surface area contributed by atoms with Crippen LogP contribution in [0.4, 0.5) is 15.9 Å². The maximum Gasteiger partial charge on any atom is 0.249 e. The van der Waals surface area contributed by atoms with Crippen molar-refractivity contribution in [1.29, 1.82) is 0 Å². The zero-order valence-corrected chi connectivity index (χ0v) is 15.1. The molecule has 3 aromatic rings. The molecule has 1 aromatic carbocycles. The normalized spacial score (nSPS) is 14.2. The van der Waals surface area contributed by atoms with E-state index in [0.717, 1.165) is 11.9 Å². The molecule has 2 aromatic heterocycles. The molecule has 0 amide bonds. The average Bonchev–Trinajstić information content (AvgIpc) is 2.79. The number of aromatic nitrogens is 3. The van der Waals surface area contributed by atoms with E-state index in [9.17, 15) is 12.8 Å². The number of benzene rings is 1. The van der Waals surface area contributed by atoms with Crippen molar-refractivity contribution >= 4 is 43.8 Å². The molecule has 0 spiro atoms. The molecule has 0 aliphatic carbocycles. The van der Waals surface area contributed by atoms with Crippen LogP contribution in [0.15, 0.2) is 35.5 Å². The Hall–Kier alpha value is -2.52. The van der Waals surface area contributed by atoms with Crippen molar-refractivity contribution in [3.05, 3.63) is 41.3 Å². The van der Waals surface area contributed by atoms with Gasteiger partial charge in [-0.1, -0.05) is 29.8 Å². The first-order chi connectivity index (χ1) is 12.4. The number of hydrogen-bond acceptors (Lipinski definition) is 7. The largest absolute Gasteiger partial charge is 0.475 e. The van der Waals surface area contributed by atoms with Gasteiger partial charge in [0.05, 0.1) is 6.54 Å². The van der Waals surface area contributed by atoms with Gasteiger partial charge in [0.15, 0.2) is 16.8 Å². The minimum atomic E-state index is -3.78. The van der Waals surface area contributed by atoms with Gasteiger partial charge < -0.3 is 9.64 Å². The fourth-order valence-corrected chi connectivity index (χ4v) is 3.42. The standard InChI is InChI=1S/C16H12ClFN4O3S/c1-26(23,24)16-19-12-10-14(21-16)22(9-5-3-2-4-6-9)7-8-25-15(10)20-13(17)11(12)18/h2-6H,7-8H2,1H3. The summed E-state index contributed by atoms with van der Waals surface area (Å²) >= 11 is 5.83. The summed E-state index contributed by atoms with van der Waals surface area (Å²) in [6, 6.07) is 9.18. The van der Waals surface area contributed by atoms with Gasteiger partial charge >= 0.3 is 0 Å². The second-order valence-electron chi connectivity index (χ2n) is 5.68. The molecule has 7 nitrogen and oxygen atoms in total. The van der Waals surface area contributed by atoms with Crippen molar-refractivity contribution in [3.8, 4) is 5.88 Å². The summed E-state index contributed by atoms with van der Waals surface area (Å²) in [5.41, 5.74) is 0.506. The molecular formula is C16H12ClFN4O3S. The molecule has 0 atom stereocenters. The maximum absolute atomic E-state index is 14.6. The first-order valence-corrected chi connectivity index (χ1v) is 9.85. The summed E-state index contributed by atoms with van der Waals surface area (Å²) in [4.78, 5) is 13.7. The highest BCUT2D eigenvalue weighted by Crippen LogP contribution is 2.39. The molecule has 4 rings (SSSR count). The van der Waals surface area contributed by atoms with Crippen LogP contribution >= 0.6 is 11.6 Å². The van der Waals surface area contributed by atoms with Gasteiger partial charge in [-0.3, -0.25) is 0 Å². The molecule has 0 unspecified atom stereocenters. The van der Waals surface area contributed by atoms with Crippen LogP contribution in [0, 0.1) is 5.82 Å². The van der Waals surface area contributed by atoms with E-state index in [0.29, 0.717) is 6.54 Å². The third kappa shape index (κ3) is 2.73. The van der Waals surface area contributed by atoms with Gasteiger partial charge in [-0.25, -0.2) is 17.8 Å². The van der Waals surface area contributed by atoms with E-state index >= 15 is 0 Å². The van der Waals surface area contributed by atoms with E-state index < -0.39 is 26.0 Å². The van der Waals surface area contributed by atoms with E-state index in [-0.39, 0.29) is 29.2 Å². The van der Waals surface area contributed by atoms with Crippen LogP contribution in [0.25, 0.3) is 10.9 Å². The van der Waals surface area contributed by atoms with Gasteiger partial charge in [-0.2, -0.15) is 9.97 Å². The number of hydrogen-bond donors (Lipinski definition) is 0. The van der Waals surface area contributed by atoms with Crippen LogP contribution in [0.2, 0.25) is 5.15 Å². The lowest BCUT2D eigenvalue weighted by molar-refractivity contribution is 0.322. The maximum atomic E-state index is 14.6. The first-order valence-electron chi connectivity index (χ1n) is 7.58. The zero-order valence-electron chi connectivity index (χ0n) is 13.5. The Kier molecular flexibility index (Phi) is 3.92. The molecule has 0 N–H and O–H groups in total. The van der Waals surface area contributed by atoms with Gasteiger partial charge in [-0.05, 0) is 12.1 Å². The first kappa shape index (κ1) is 16.9. The molecule has 1 aliphatic rings. The van der Waals surface area contributed by atoms with Crippen LogP contribution in [-0.4, -0.2) is 42.8 Å². The molecule has 134 valence electrons. The minimum absolute atomic E-state index is 0.0693. The molecule has 1 aliphatic heterocycles. The van der Waals surface area contributed by atoms with E-state index in [1.807, 2.05) is 30.3 Å². The monoisotopic (exact) mass is 394 g/mol. The predicted molar refractivity (Wildman–Crippen MR) is 94.4 cm³/mol. The molecule has 3 heterocycles. The lowest BCUT2D eigenvalue weighted by Gasteiger charge is -2.22. The summed E-state index contributed by atoms with van der Waals surface area (Å²) in [7, 11) is -3.78. The highest BCUT2D eigenvalue weighted by atomic mass is 35.5. The molecule has 10 heteroatoms. The predicted octanol–water partition coefficient (Wildman–Crippen LogP) is 2.75. The van der Waals surface area contributed by atoms with Crippen molar-refractivity contribution in [2.24, 2.45) is 0 Å². The zero-order chi connectivity index (χ0) is 18.5. The van der Waals surface area contributed by atoms with Crippen molar-refractivity contribution in [2.45, 2.75) is 5.16 Å². The third-order valence-corrected chi connectivity index (χ3v) is 4.98. The Balaban J connectivity index is 2.12. The van der Waals surface area contributed by atoms with Crippen LogP contribution in [-0.2, 0) is 9.84 Å². The minimum Gasteiger partial charge on any atom is -0.475 e. The Morgan fingerprint density at radius 2 is 1.92 bits per heavy atom. The quantitative estimate of drug-likeness (QED) is 0.488. The number of para-hydroxylation sites is 1. The second-order valence-corrected chi connectivity index (χ2v) is 7.95. The summed E-state index contributed by atoms with van der Waals surface area (Å²) < 4.78 is 44.3. The van der Waals surface area contributed by atoms with E-state index in [4.69, 9.17) is 16.3 Å². The molecule has 0 saturated heterocycles. The van der Waals surface area contributed by atoms with Crippen LogP contribution in [0.1, 0.15) is 0 Å². The smallest absolute Gasteiger partial charge is 0.249 e. The number of nitrogens with zero attached hydrogens (tertiary/aromatic N) is 4. The molecular weight excluding hydrogens is 383 g/mol. The van der Waals surface area contributed by atoms with Gasteiger partial charge in [0, 0.05) is 11.9 Å². The lowest BCUT2D eigenvalue weighted by Crippen LogP contribution is -2.23. The highest BCUT2D eigenvalue weighted by molar-refractivity contribution is 7.90. The topological polar surface area (TPSA) is 85.3 Å². The number of sulfone groups is 1. The number of rotatable bonds is 2. The summed E-state index contributed by atoms with van der Waals surface area (Å²) in [5, 5.41) is -0.750. The van der Waals surface area contributed by atoms with Crippen LogP contribution in [0.3, 0.4) is 0 Å². The van der Waals surface area contributed by atoms with E-state index in [1.54, 1.807) is 4.90 Å². The van der Waals surface area contributed by atoms with Gasteiger partial charge in [0.1, 0.15) is 17.5 Å². The molecule has 26 heavy (non-hydrogen) atoms. The lowest BCUT2D eigenvalue weighted by atomic mass is 10.2. The van der Waals surface area contributed by atoms with E-state index in [1.165, 1.54) is 0 Å². The van der Waals surface area contributed by atoms with Crippen molar-refractivity contribution in [2.75, 3.05) is 24.3 Å². The summed E-state index contributed by atoms with van der Waals surface area (Å²) in [6.07, 6.45) is 0.961. The van der Waals surface area contributed by atoms with Crippen molar-refractivity contribution in [3.63, 3.8) is 0 Å². The number of anilines is 2. The van der Waals surface area contributed by atoms with Crippen LogP contribution < -0.4 is 9.64 Å². The van der Waals surface area contributed by atoms with Crippen molar-refractivity contribution < 1.29 is 17.5 Å². The molecule has 0 fully saturated rings. The SMILES string of the molecule is CS(=O)(=O)c1nc2c3c(nc(Cl)c(F)c3n1)OCCN2c1ccccc1. The summed E-state index contributed by atoms with van der Waals surface area (Å²) in [6.45, 7) is 0.582. The Bertz CT molecular complexity index is 1130.